The first-order valence-corrected chi connectivity index (χ1v) is 8.30. The van der Waals surface area contributed by atoms with Crippen LogP contribution in [0.3, 0.4) is 0 Å². The fourth-order valence-electron chi connectivity index (χ4n) is 1.53. The molecule has 0 fully saturated rings. The van der Waals surface area contributed by atoms with E-state index in [-0.39, 0.29) is 15.9 Å². The molecule has 0 atom stereocenters. The summed E-state index contributed by atoms with van der Waals surface area (Å²) in [6, 6.07) is 0.109. The molecule has 2 heterocycles. The van der Waals surface area contributed by atoms with Crippen molar-refractivity contribution in [3.8, 4) is 0 Å². The highest BCUT2D eigenvalue weighted by Gasteiger charge is 2.27. The van der Waals surface area contributed by atoms with Crippen LogP contribution in [0.5, 0.6) is 0 Å². The molecule has 2 aromatic rings. The van der Waals surface area contributed by atoms with Crippen molar-refractivity contribution in [2.45, 2.75) is 24.1 Å². The first kappa shape index (κ1) is 15.4. The number of hydrogen-bond acceptors (Lipinski definition) is 7. The van der Waals surface area contributed by atoms with E-state index in [0.29, 0.717) is 5.69 Å². The Kier molecular flexibility index (Phi) is 4.28. The largest absolute Gasteiger partial charge is 0.464 e. The Balaban J connectivity index is 2.30. The summed E-state index contributed by atoms with van der Waals surface area (Å²) < 4.78 is 32.9. The number of carbonyl (C=O) groups is 1. The molecule has 0 aromatic carbocycles. The van der Waals surface area contributed by atoms with E-state index >= 15 is 0 Å². The Hall–Kier alpha value is -1.94. The summed E-state index contributed by atoms with van der Waals surface area (Å²) in [7, 11) is -2.75. The second-order valence-corrected chi connectivity index (χ2v) is 7.12. The van der Waals surface area contributed by atoms with Gasteiger partial charge in [-0.1, -0.05) is 0 Å². The summed E-state index contributed by atoms with van der Waals surface area (Å²) in [5.74, 6) is -0.797. The van der Waals surface area contributed by atoms with E-state index in [0.717, 1.165) is 18.4 Å². The van der Waals surface area contributed by atoms with Crippen molar-refractivity contribution in [3.63, 3.8) is 0 Å². The predicted octanol–water partition coefficient (Wildman–Crippen LogP) is 1.51. The molecule has 2 aromatic heterocycles. The van der Waals surface area contributed by atoms with Crippen molar-refractivity contribution < 1.29 is 17.9 Å². The van der Waals surface area contributed by atoms with Gasteiger partial charge in [-0.15, -0.1) is 11.3 Å². The summed E-state index contributed by atoms with van der Waals surface area (Å²) in [6.45, 7) is 3.84. The van der Waals surface area contributed by atoms with Crippen LogP contribution in [0, 0.1) is 0 Å². The smallest absolute Gasteiger partial charge is 0.358 e. The second-order valence-electron chi connectivity index (χ2n) is 4.39. The van der Waals surface area contributed by atoms with Crippen LogP contribution in [-0.2, 0) is 14.8 Å². The molecule has 0 bridgehead atoms. The molecule has 0 aliphatic rings. The zero-order valence-electron chi connectivity index (χ0n) is 11.6. The topological polar surface area (TPSA) is 103 Å². The van der Waals surface area contributed by atoms with Crippen LogP contribution in [-0.4, -0.2) is 36.3 Å². The fourth-order valence-corrected chi connectivity index (χ4v) is 3.69. The van der Waals surface area contributed by atoms with Gasteiger partial charge in [0.15, 0.2) is 9.90 Å². The van der Waals surface area contributed by atoms with E-state index < -0.39 is 16.0 Å². The molecule has 0 unspecified atom stereocenters. The third-order valence-corrected chi connectivity index (χ3v) is 5.29. The first-order valence-electron chi connectivity index (χ1n) is 5.94. The van der Waals surface area contributed by atoms with Crippen molar-refractivity contribution >= 4 is 33.0 Å². The SMILES string of the molecule is COC(=O)c1ncsc1S(=O)(=O)Nc1cnn(C(C)C)c1. The van der Waals surface area contributed by atoms with Crippen molar-refractivity contribution in [1.29, 1.82) is 0 Å². The Labute approximate surface area is 125 Å². The van der Waals surface area contributed by atoms with Gasteiger partial charge in [0.1, 0.15) is 0 Å². The number of anilines is 1. The summed E-state index contributed by atoms with van der Waals surface area (Å²) in [4.78, 5) is 15.2. The molecule has 2 rings (SSSR count). The highest BCUT2D eigenvalue weighted by atomic mass is 32.2. The van der Waals surface area contributed by atoms with Gasteiger partial charge in [0.25, 0.3) is 10.0 Å². The average Bonchev–Trinajstić information content (AvgIpc) is 3.05. The minimum atomic E-state index is -3.92. The Morgan fingerprint density at radius 3 is 2.76 bits per heavy atom. The number of hydrogen-bond donors (Lipinski definition) is 1. The standard InChI is InChI=1S/C11H14N4O4S2/c1-7(2)15-5-8(4-13-15)14-21(17,18)11-9(10(16)19-3)12-6-20-11/h4-7,14H,1-3H3. The quantitative estimate of drug-likeness (QED) is 0.834. The maximum absolute atomic E-state index is 12.3. The van der Waals surface area contributed by atoms with E-state index in [4.69, 9.17) is 0 Å². The summed E-state index contributed by atoms with van der Waals surface area (Å²) >= 11 is 0.843. The molecule has 10 heteroatoms. The summed E-state index contributed by atoms with van der Waals surface area (Å²) in [5, 5.41) is 4.04. The molecule has 0 amide bonds. The number of esters is 1. The normalized spacial score (nSPS) is 11.6. The Morgan fingerprint density at radius 1 is 1.48 bits per heavy atom. The molecule has 0 spiro atoms. The number of sulfonamides is 1. The number of thiazole rings is 1. The Bertz CT molecular complexity index is 748. The molecule has 114 valence electrons. The predicted molar refractivity (Wildman–Crippen MR) is 76.9 cm³/mol. The van der Waals surface area contributed by atoms with Gasteiger partial charge in [0, 0.05) is 12.2 Å². The molecule has 8 nitrogen and oxygen atoms in total. The number of carbonyl (C=O) groups excluding carboxylic acids is 1. The lowest BCUT2D eigenvalue weighted by Crippen LogP contribution is -2.15. The van der Waals surface area contributed by atoms with Gasteiger partial charge in [-0.05, 0) is 13.8 Å². The minimum absolute atomic E-state index is 0.109. The van der Waals surface area contributed by atoms with Gasteiger partial charge in [0.05, 0.1) is 24.5 Å². The Morgan fingerprint density at radius 2 is 2.19 bits per heavy atom. The number of nitrogens with zero attached hydrogens (tertiary/aromatic N) is 3. The van der Waals surface area contributed by atoms with E-state index in [1.54, 1.807) is 10.9 Å². The lowest BCUT2D eigenvalue weighted by atomic mass is 10.4. The summed E-state index contributed by atoms with van der Waals surface area (Å²) in [6.07, 6.45) is 2.97. The van der Waals surface area contributed by atoms with Crippen molar-refractivity contribution in [2.75, 3.05) is 11.8 Å². The van der Waals surface area contributed by atoms with Gasteiger partial charge in [0.2, 0.25) is 0 Å². The molecular formula is C11H14N4O4S2. The molecule has 1 N–H and O–H groups in total. The van der Waals surface area contributed by atoms with Crippen LogP contribution in [0.15, 0.2) is 22.1 Å². The molecule has 21 heavy (non-hydrogen) atoms. The van der Waals surface area contributed by atoms with Crippen LogP contribution in [0.25, 0.3) is 0 Å². The number of aromatic nitrogens is 3. The lowest BCUT2D eigenvalue weighted by molar-refractivity contribution is 0.0590. The highest BCUT2D eigenvalue weighted by molar-refractivity contribution is 7.94. The second kappa shape index (κ2) is 5.82. The van der Waals surface area contributed by atoms with Crippen LogP contribution in [0.4, 0.5) is 5.69 Å². The molecule has 0 saturated carbocycles. The van der Waals surface area contributed by atoms with Crippen LogP contribution in [0.1, 0.15) is 30.4 Å². The minimum Gasteiger partial charge on any atom is -0.464 e. The van der Waals surface area contributed by atoms with E-state index in [2.05, 4.69) is 19.5 Å². The maximum atomic E-state index is 12.3. The zero-order valence-corrected chi connectivity index (χ0v) is 13.2. The fraction of sp³-hybridized carbons (Fsp3) is 0.364. The van der Waals surface area contributed by atoms with Gasteiger partial charge in [-0.25, -0.2) is 18.2 Å². The number of ether oxygens (including phenoxy) is 1. The van der Waals surface area contributed by atoms with Crippen molar-refractivity contribution in [3.05, 3.63) is 23.6 Å². The highest BCUT2D eigenvalue weighted by Crippen LogP contribution is 2.23. The number of methoxy groups -OCH3 is 1. The van der Waals surface area contributed by atoms with Crippen LogP contribution >= 0.6 is 11.3 Å². The molecule has 0 radical (unpaired) electrons. The van der Waals surface area contributed by atoms with E-state index in [1.165, 1.54) is 11.7 Å². The van der Waals surface area contributed by atoms with E-state index in [9.17, 15) is 13.2 Å². The first-order chi connectivity index (χ1) is 9.85. The monoisotopic (exact) mass is 330 g/mol. The molecule has 0 aliphatic carbocycles. The van der Waals surface area contributed by atoms with Crippen molar-refractivity contribution in [2.24, 2.45) is 0 Å². The zero-order chi connectivity index (χ0) is 15.6. The third kappa shape index (κ3) is 3.22. The van der Waals surface area contributed by atoms with Gasteiger partial charge >= 0.3 is 5.97 Å². The number of rotatable bonds is 5. The molecular weight excluding hydrogens is 316 g/mol. The van der Waals surface area contributed by atoms with E-state index in [1.807, 2.05) is 13.8 Å². The lowest BCUT2D eigenvalue weighted by Gasteiger charge is -2.05. The van der Waals surface area contributed by atoms with Gasteiger partial charge in [-0.3, -0.25) is 9.40 Å². The van der Waals surface area contributed by atoms with Crippen molar-refractivity contribution in [1.82, 2.24) is 14.8 Å². The molecule has 0 aliphatic heterocycles. The summed E-state index contributed by atoms with van der Waals surface area (Å²) in [5.41, 5.74) is 1.36. The number of nitrogens with one attached hydrogen (secondary N) is 1. The molecule has 0 saturated heterocycles. The van der Waals surface area contributed by atoms with Crippen LogP contribution in [0.2, 0.25) is 0 Å². The average molecular weight is 330 g/mol. The van der Waals surface area contributed by atoms with Gasteiger partial charge < -0.3 is 4.74 Å². The van der Waals surface area contributed by atoms with Crippen LogP contribution < -0.4 is 4.72 Å². The van der Waals surface area contributed by atoms with Gasteiger partial charge in [-0.2, -0.15) is 5.10 Å². The third-order valence-electron chi connectivity index (χ3n) is 2.54. The maximum Gasteiger partial charge on any atom is 0.358 e.